The van der Waals surface area contributed by atoms with Crippen molar-refractivity contribution in [1.82, 2.24) is 4.98 Å². The van der Waals surface area contributed by atoms with Gasteiger partial charge in [-0.1, -0.05) is 36.4 Å². The van der Waals surface area contributed by atoms with Gasteiger partial charge in [0.2, 0.25) is 11.7 Å². The number of halogens is 1. The molecule has 0 atom stereocenters. The van der Waals surface area contributed by atoms with Crippen molar-refractivity contribution in [2.45, 2.75) is 13.5 Å². The molecule has 0 radical (unpaired) electrons. The summed E-state index contributed by atoms with van der Waals surface area (Å²) in [6.45, 7) is 1.17. The number of hydrogen-bond donors (Lipinski definition) is 0. The third-order valence-electron chi connectivity index (χ3n) is 4.08. The molecular weight excluding hydrogens is 428 g/mol. The fourth-order valence-electron chi connectivity index (χ4n) is 2.76. The van der Waals surface area contributed by atoms with Crippen LogP contribution < -0.4 is 9.04 Å². The zero-order chi connectivity index (χ0) is 21.7. The van der Waals surface area contributed by atoms with Crippen molar-refractivity contribution in [3.8, 4) is 5.75 Å². The molecule has 0 N–H and O–H groups in total. The van der Waals surface area contributed by atoms with E-state index in [4.69, 9.17) is 15.4 Å². The second-order valence-corrected chi connectivity index (χ2v) is 8.59. The second-order valence-electron chi connectivity index (χ2n) is 6.23. The van der Waals surface area contributed by atoms with Crippen LogP contribution in [0.4, 0.5) is 5.69 Å². The Bertz CT molecular complexity index is 1170. The van der Waals surface area contributed by atoms with Gasteiger partial charge in [0.25, 0.3) is 0 Å². The number of nitrogens with zero attached hydrogens (tertiary/aromatic N) is 2. The summed E-state index contributed by atoms with van der Waals surface area (Å²) in [7, 11) is 1.01. The van der Waals surface area contributed by atoms with Gasteiger partial charge in [-0.2, -0.15) is 12.7 Å². The second kappa shape index (κ2) is 9.06. The molecule has 0 aliphatic carbocycles. The molecule has 1 heterocycles. The van der Waals surface area contributed by atoms with E-state index in [9.17, 15) is 18.0 Å². The van der Waals surface area contributed by atoms with E-state index in [0.29, 0.717) is 4.31 Å². The third kappa shape index (κ3) is 5.03. The number of anilines is 1. The first-order chi connectivity index (χ1) is 14.3. The molecule has 0 spiro atoms. The number of amides is 1. The quantitative estimate of drug-likeness (QED) is 0.407. The highest BCUT2D eigenvalue weighted by molar-refractivity contribution is 8.15. The summed E-state index contributed by atoms with van der Waals surface area (Å²) in [5.74, 6) is -1.21. The summed E-state index contributed by atoms with van der Waals surface area (Å²) in [5.41, 5.74) is 0.974. The molecule has 0 saturated carbocycles. The number of benzene rings is 2. The van der Waals surface area contributed by atoms with Gasteiger partial charge in [-0.15, -0.1) is 0 Å². The van der Waals surface area contributed by atoms with Gasteiger partial charge in [0.1, 0.15) is 23.7 Å². The Morgan fingerprint density at radius 3 is 2.33 bits per heavy atom. The van der Waals surface area contributed by atoms with Gasteiger partial charge in [0.15, 0.2) is 0 Å². The maximum absolute atomic E-state index is 12.7. The van der Waals surface area contributed by atoms with Crippen LogP contribution >= 0.6 is 10.7 Å². The minimum atomic E-state index is -4.48. The number of rotatable bonds is 7. The number of ether oxygens (including phenoxy) is 1. The average Bonchev–Trinajstić information content (AvgIpc) is 2.72. The monoisotopic (exact) mass is 444 g/mol. The predicted molar refractivity (Wildman–Crippen MR) is 113 cm³/mol. The standard InChI is InChI=1S/C21H17ClN2O5S/c1-15(25)24(30(22,27)28)19-13-17(21(26)18-9-5-6-12-23-18)10-11-20(19)29-14-16-7-3-2-4-8-16/h2-13H,14H2,1H3. The fraction of sp³-hybridized carbons (Fsp3) is 0.0952. The summed E-state index contributed by atoms with van der Waals surface area (Å²) in [5, 5.41) is 0. The van der Waals surface area contributed by atoms with Crippen molar-refractivity contribution in [2.75, 3.05) is 4.31 Å². The highest BCUT2D eigenvalue weighted by atomic mass is 35.7. The Hall–Kier alpha value is -3.23. The smallest absolute Gasteiger partial charge is 0.328 e. The van der Waals surface area contributed by atoms with Crippen molar-refractivity contribution >= 4 is 37.3 Å². The number of aromatic nitrogens is 1. The zero-order valence-corrected chi connectivity index (χ0v) is 17.4. The fourth-order valence-corrected chi connectivity index (χ4v) is 3.96. The highest BCUT2D eigenvalue weighted by Crippen LogP contribution is 2.34. The van der Waals surface area contributed by atoms with Crippen LogP contribution in [0.25, 0.3) is 0 Å². The van der Waals surface area contributed by atoms with Crippen LogP contribution in [0.3, 0.4) is 0 Å². The molecule has 0 fully saturated rings. The lowest BCUT2D eigenvalue weighted by Gasteiger charge is -2.21. The van der Waals surface area contributed by atoms with Crippen LogP contribution in [0.2, 0.25) is 0 Å². The zero-order valence-electron chi connectivity index (χ0n) is 15.9. The molecule has 30 heavy (non-hydrogen) atoms. The molecule has 0 bridgehead atoms. The summed E-state index contributed by atoms with van der Waals surface area (Å²) >= 11 is 0. The first-order valence-corrected chi connectivity index (χ1v) is 11.1. The molecule has 1 aromatic heterocycles. The van der Waals surface area contributed by atoms with Gasteiger partial charge >= 0.3 is 9.24 Å². The van der Waals surface area contributed by atoms with E-state index in [1.54, 1.807) is 12.1 Å². The molecule has 0 aliphatic heterocycles. The molecule has 3 rings (SSSR count). The Balaban J connectivity index is 2.05. The SMILES string of the molecule is CC(=O)N(c1cc(C(=O)c2ccccn2)ccc1OCc1ccccc1)S(=O)(=O)Cl. The lowest BCUT2D eigenvalue weighted by molar-refractivity contribution is -0.115. The van der Waals surface area contributed by atoms with E-state index in [1.165, 1.54) is 30.5 Å². The molecule has 0 aliphatic rings. The molecule has 7 nitrogen and oxygen atoms in total. The maximum atomic E-state index is 12.7. The Kier molecular flexibility index (Phi) is 6.49. The molecule has 0 saturated heterocycles. The number of ketones is 1. The first kappa shape index (κ1) is 21.5. The van der Waals surface area contributed by atoms with E-state index in [0.717, 1.165) is 12.5 Å². The number of pyridine rings is 1. The number of carbonyl (C=O) groups excluding carboxylic acids is 2. The van der Waals surface area contributed by atoms with Gasteiger partial charge < -0.3 is 4.74 Å². The van der Waals surface area contributed by atoms with Gasteiger partial charge in [-0.25, -0.2) is 0 Å². The molecule has 9 heteroatoms. The summed E-state index contributed by atoms with van der Waals surface area (Å²) in [6, 6.07) is 18.2. The minimum Gasteiger partial charge on any atom is -0.487 e. The van der Waals surface area contributed by atoms with Crippen molar-refractivity contribution in [1.29, 1.82) is 0 Å². The first-order valence-electron chi connectivity index (χ1n) is 8.79. The van der Waals surface area contributed by atoms with Gasteiger partial charge in [0.05, 0.1) is 0 Å². The van der Waals surface area contributed by atoms with Gasteiger partial charge in [-0.05, 0) is 35.9 Å². The molecule has 0 unspecified atom stereocenters. The summed E-state index contributed by atoms with van der Waals surface area (Å²) in [4.78, 5) is 28.8. The predicted octanol–water partition coefficient (Wildman–Crippen LogP) is 3.73. The van der Waals surface area contributed by atoms with Gasteiger partial charge in [0, 0.05) is 29.4 Å². The van der Waals surface area contributed by atoms with Crippen molar-refractivity contribution in [2.24, 2.45) is 0 Å². The van der Waals surface area contributed by atoms with Crippen LogP contribution in [0.15, 0.2) is 72.9 Å². The summed E-state index contributed by atoms with van der Waals surface area (Å²) < 4.78 is 30.3. The normalized spacial score (nSPS) is 11.0. The third-order valence-corrected chi connectivity index (χ3v) is 5.38. The number of hydrogen-bond acceptors (Lipinski definition) is 6. The highest BCUT2D eigenvalue weighted by Gasteiger charge is 2.29. The van der Waals surface area contributed by atoms with Crippen molar-refractivity contribution in [3.05, 3.63) is 89.7 Å². The van der Waals surface area contributed by atoms with E-state index in [2.05, 4.69) is 4.98 Å². The van der Waals surface area contributed by atoms with Crippen molar-refractivity contribution < 1.29 is 22.7 Å². The van der Waals surface area contributed by atoms with E-state index < -0.39 is 20.9 Å². The lowest BCUT2D eigenvalue weighted by Crippen LogP contribution is -2.32. The van der Waals surface area contributed by atoms with Crippen LogP contribution in [0.1, 0.15) is 28.5 Å². The number of carbonyl (C=O) groups is 2. The average molecular weight is 445 g/mol. The van der Waals surface area contributed by atoms with Crippen LogP contribution in [0.5, 0.6) is 5.75 Å². The van der Waals surface area contributed by atoms with E-state index in [1.807, 2.05) is 30.3 Å². The molecule has 154 valence electrons. The summed E-state index contributed by atoms with van der Waals surface area (Å²) in [6.07, 6.45) is 1.47. The maximum Gasteiger partial charge on any atom is 0.328 e. The topological polar surface area (TPSA) is 93.6 Å². The van der Waals surface area contributed by atoms with Crippen LogP contribution in [-0.2, 0) is 20.6 Å². The molecular formula is C21H17ClN2O5S. The van der Waals surface area contributed by atoms with E-state index >= 15 is 0 Å². The lowest BCUT2D eigenvalue weighted by atomic mass is 10.1. The van der Waals surface area contributed by atoms with E-state index in [-0.39, 0.29) is 29.3 Å². The Labute approximate surface area is 178 Å². The van der Waals surface area contributed by atoms with Crippen LogP contribution in [-0.4, -0.2) is 25.1 Å². The van der Waals surface area contributed by atoms with Gasteiger partial charge in [-0.3, -0.25) is 14.6 Å². The minimum absolute atomic E-state index is 0.0795. The molecule has 1 amide bonds. The van der Waals surface area contributed by atoms with Crippen LogP contribution in [0, 0.1) is 0 Å². The Morgan fingerprint density at radius 1 is 1.03 bits per heavy atom. The Morgan fingerprint density at radius 2 is 1.73 bits per heavy atom. The molecule has 3 aromatic rings. The largest absolute Gasteiger partial charge is 0.487 e. The van der Waals surface area contributed by atoms with Crippen molar-refractivity contribution in [3.63, 3.8) is 0 Å². The molecule has 2 aromatic carbocycles.